The van der Waals surface area contributed by atoms with Gasteiger partial charge in [0.1, 0.15) is 12.4 Å². The number of rotatable bonds is 5. The SMILES string of the molecule is CN1C[C@@H](C(=O)Nc2ccc(OCc3cccc(C#N)c3)cc2)CC1=O. The zero-order valence-electron chi connectivity index (χ0n) is 14.4. The van der Waals surface area contributed by atoms with Crippen LogP contribution >= 0.6 is 0 Å². The number of likely N-dealkylation sites (tertiary alicyclic amines) is 1. The molecule has 0 spiro atoms. The number of amides is 2. The highest BCUT2D eigenvalue weighted by molar-refractivity contribution is 5.97. The molecule has 0 radical (unpaired) electrons. The summed E-state index contributed by atoms with van der Waals surface area (Å²) in [4.78, 5) is 25.3. The van der Waals surface area contributed by atoms with Gasteiger partial charge in [-0.05, 0) is 42.0 Å². The van der Waals surface area contributed by atoms with E-state index < -0.39 is 0 Å². The molecule has 1 atom stereocenters. The van der Waals surface area contributed by atoms with E-state index in [2.05, 4.69) is 11.4 Å². The van der Waals surface area contributed by atoms with Crippen LogP contribution < -0.4 is 10.1 Å². The number of nitriles is 1. The van der Waals surface area contributed by atoms with Crippen LogP contribution in [0.1, 0.15) is 17.5 Å². The second-order valence-electron chi connectivity index (χ2n) is 6.29. The van der Waals surface area contributed by atoms with E-state index >= 15 is 0 Å². The number of anilines is 1. The van der Waals surface area contributed by atoms with Crippen molar-refractivity contribution in [2.75, 3.05) is 18.9 Å². The van der Waals surface area contributed by atoms with E-state index in [9.17, 15) is 9.59 Å². The van der Waals surface area contributed by atoms with Gasteiger partial charge in [-0.2, -0.15) is 5.26 Å². The Bertz CT molecular complexity index is 855. The Morgan fingerprint density at radius 2 is 2.08 bits per heavy atom. The third-order valence-electron chi connectivity index (χ3n) is 4.30. The molecule has 6 heteroatoms. The van der Waals surface area contributed by atoms with Crippen LogP contribution in [-0.2, 0) is 16.2 Å². The summed E-state index contributed by atoms with van der Waals surface area (Å²) in [5.41, 5.74) is 2.17. The summed E-state index contributed by atoms with van der Waals surface area (Å²) in [6.07, 6.45) is 0.255. The molecule has 2 aromatic rings. The van der Waals surface area contributed by atoms with E-state index in [-0.39, 0.29) is 24.2 Å². The average molecular weight is 349 g/mol. The van der Waals surface area contributed by atoms with E-state index in [1.807, 2.05) is 12.1 Å². The Hall–Kier alpha value is -3.33. The molecule has 0 aromatic heterocycles. The first-order valence-corrected chi connectivity index (χ1v) is 8.32. The highest BCUT2D eigenvalue weighted by Crippen LogP contribution is 2.21. The van der Waals surface area contributed by atoms with Gasteiger partial charge in [0.15, 0.2) is 0 Å². The maximum Gasteiger partial charge on any atom is 0.229 e. The van der Waals surface area contributed by atoms with Crippen LogP contribution in [0.15, 0.2) is 48.5 Å². The molecule has 6 nitrogen and oxygen atoms in total. The smallest absolute Gasteiger partial charge is 0.229 e. The Balaban J connectivity index is 1.54. The first kappa shape index (κ1) is 17.5. The molecule has 0 aliphatic carbocycles. The molecule has 1 saturated heterocycles. The number of ether oxygens (including phenoxy) is 1. The minimum Gasteiger partial charge on any atom is -0.489 e. The lowest BCUT2D eigenvalue weighted by Gasteiger charge is -2.12. The molecule has 2 aromatic carbocycles. The molecule has 0 unspecified atom stereocenters. The van der Waals surface area contributed by atoms with Crippen LogP contribution in [0.5, 0.6) is 5.75 Å². The van der Waals surface area contributed by atoms with Gasteiger partial charge in [-0.1, -0.05) is 12.1 Å². The van der Waals surface area contributed by atoms with Crippen LogP contribution in [0.3, 0.4) is 0 Å². The van der Waals surface area contributed by atoms with Gasteiger partial charge in [0.2, 0.25) is 11.8 Å². The number of nitrogens with zero attached hydrogens (tertiary/aromatic N) is 2. The molecule has 132 valence electrons. The molecule has 1 heterocycles. The molecule has 1 N–H and O–H groups in total. The highest BCUT2D eigenvalue weighted by atomic mass is 16.5. The Kier molecular flexibility index (Phi) is 5.18. The van der Waals surface area contributed by atoms with Crippen molar-refractivity contribution in [1.82, 2.24) is 4.90 Å². The van der Waals surface area contributed by atoms with Crippen molar-refractivity contribution in [3.05, 3.63) is 59.7 Å². The van der Waals surface area contributed by atoms with Gasteiger partial charge in [0, 0.05) is 25.7 Å². The first-order chi connectivity index (χ1) is 12.5. The molecule has 2 amide bonds. The standard InChI is InChI=1S/C20H19N3O3/c1-23-12-16(10-19(23)24)20(25)22-17-5-7-18(8-6-17)26-13-15-4-2-3-14(9-15)11-21/h2-9,16H,10,12-13H2,1H3,(H,22,25)/t16-/m0/s1. The fourth-order valence-corrected chi connectivity index (χ4v) is 2.82. The predicted octanol–water partition coefficient (Wildman–Crippen LogP) is 2.55. The van der Waals surface area contributed by atoms with E-state index in [1.165, 1.54) is 0 Å². The van der Waals surface area contributed by atoms with Crippen molar-refractivity contribution in [1.29, 1.82) is 5.26 Å². The fraction of sp³-hybridized carbons (Fsp3) is 0.250. The largest absolute Gasteiger partial charge is 0.489 e. The number of benzene rings is 2. The second-order valence-corrected chi connectivity index (χ2v) is 6.29. The Morgan fingerprint density at radius 1 is 1.31 bits per heavy atom. The normalized spacial score (nSPS) is 16.2. The number of carbonyl (C=O) groups is 2. The second kappa shape index (κ2) is 7.70. The van der Waals surface area contributed by atoms with E-state index in [0.29, 0.717) is 30.2 Å². The van der Waals surface area contributed by atoms with Crippen molar-refractivity contribution in [3.8, 4) is 11.8 Å². The van der Waals surface area contributed by atoms with Gasteiger partial charge in [-0.3, -0.25) is 9.59 Å². The number of hydrogen-bond donors (Lipinski definition) is 1. The van der Waals surface area contributed by atoms with Gasteiger partial charge in [-0.25, -0.2) is 0 Å². The zero-order chi connectivity index (χ0) is 18.5. The van der Waals surface area contributed by atoms with Crippen LogP contribution in [0.4, 0.5) is 5.69 Å². The molecule has 0 bridgehead atoms. The monoisotopic (exact) mass is 349 g/mol. The van der Waals surface area contributed by atoms with Gasteiger partial charge in [0.25, 0.3) is 0 Å². The van der Waals surface area contributed by atoms with Crippen LogP contribution in [0.25, 0.3) is 0 Å². The summed E-state index contributed by atoms with van der Waals surface area (Å²) in [5, 5.41) is 11.7. The lowest BCUT2D eigenvalue weighted by Crippen LogP contribution is -2.25. The summed E-state index contributed by atoms with van der Waals surface area (Å²) in [5.74, 6) is 0.205. The maximum absolute atomic E-state index is 12.2. The third kappa shape index (κ3) is 4.19. The van der Waals surface area contributed by atoms with Crippen molar-refractivity contribution in [2.45, 2.75) is 13.0 Å². The zero-order valence-corrected chi connectivity index (χ0v) is 14.4. The lowest BCUT2D eigenvalue weighted by molar-refractivity contribution is -0.127. The Morgan fingerprint density at radius 3 is 2.73 bits per heavy atom. The maximum atomic E-state index is 12.2. The van der Waals surface area contributed by atoms with Gasteiger partial charge in [0.05, 0.1) is 17.6 Å². The summed E-state index contributed by atoms with van der Waals surface area (Å²) >= 11 is 0. The lowest BCUT2D eigenvalue weighted by atomic mass is 10.1. The topological polar surface area (TPSA) is 82.4 Å². The number of carbonyl (C=O) groups excluding carboxylic acids is 2. The quantitative estimate of drug-likeness (QED) is 0.899. The number of hydrogen-bond acceptors (Lipinski definition) is 4. The van der Waals surface area contributed by atoms with Gasteiger partial charge >= 0.3 is 0 Å². The average Bonchev–Trinajstić information content (AvgIpc) is 3.00. The molecular formula is C20H19N3O3. The third-order valence-corrected chi connectivity index (χ3v) is 4.30. The van der Waals surface area contributed by atoms with Crippen molar-refractivity contribution in [3.63, 3.8) is 0 Å². The summed E-state index contributed by atoms with van der Waals surface area (Å²) in [6, 6.07) is 16.4. The van der Waals surface area contributed by atoms with Crippen LogP contribution in [0.2, 0.25) is 0 Å². The molecule has 1 aliphatic rings. The molecular weight excluding hydrogens is 330 g/mol. The summed E-state index contributed by atoms with van der Waals surface area (Å²) in [7, 11) is 1.70. The molecule has 1 fully saturated rings. The predicted molar refractivity (Wildman–Crippen MR) is 96.3 cm³/mol. The Labute approximate surface area is 152 Å². The minimum atomic E-state index is -0.309. The summed E-state index contributed by atoms with van der Waals surface area (Å²) < 4.78 is 5.71. The summed E-state index contributed by atoms with van der Waals surface area (Å²) in [6.45, 7) is 0.811. The van der Waals surface area contributed by atoms with Gasteiger partial charge in [-0.15, -0.1) is 0 Å². The first-order valence-electron chi connectivity index (χ1n) is 8.32. The van der Waals surface area contributed by atoms with E-state index in [1.54, 1.807) is 48.3 Å². The molecule has 1 aliphatic heterocycles. The van der Waals surface area contributed by atoms with Crippen molar-refractivity contribution in [2.24, 2.45) is 5.92 Å². The molecule has 3 rings (SSSR count). The van der Waals surface area contributed by atoms with Crippen LogP contribution in [0, 0.1) is 17.2 Å². The van der Waals surface area contributed by atoms with Crippen LogP contribution in [-0.4, -0.2) is 30.3 Å². The van der Waals surface area contributed by atoms with E-state index in [0.717, 1.165) is 5.56 Å². The van der Waals surface area contributed by atoms with Gasteiger partial charge < -0.3 is 15.0 Å². The fourth-order valence-electron chi connectivity index (χ4n) is 2.82. The van der Waals surface area contributed by atoms with Crippen molar-refractivity contribution >= 4 is 17.5 Å². The van der Waals surface area contributed by atoms with E-state index in [4.69, 9.17) is 10.00 Å². The highest BCUT2D eigenvalue weighted by Gasteiger charge is 2.32. The molecule has 26 heavy (non-hydrogen) atoms. The minimum absolute atomic E-state index is 0.00522. The molecule has 0 saturated carbocycles. The number of nitrogens with one attached hydrogen (secondary N) is 1. The van der Waals surface area contributed by atoms with Crippen molar-refractivity contribution < 1.29 is 14.3 Å².